The molecule has 8 heteroatoms. The molecule has 23 heavy (non-hydrogen) atoms. The van der Waals surface area contributed by atoms with Crippen LogP contribution < -0.4 is 5.32 Å². The minimum absolute atomic E-state index is 0.0445. The van der Waals surface area contributed by atoms with Crippen molar-refractivity contribution in [1.82, 2.24) is 19.7 Å². The quantitative estimate of drug-likeness (QED) is 0.878. The van der Waals surface area contributed by atoms with Crippen LogP contribution in [0.15, 0.2) is 30.6 Å². The zero-order valence-corrected chi connectivity index (χ0v) is 14.0. The molecular weight excluding hydrogens is 318 g/mol. The van der Waals surface area contributed by atoms with E-state index in [1.807, 2.05) is 13.8 Å². The first kappa shape index (κ1) is 17.2. The average molecular weight is 338 g/mol. The number of carbonyl (C=O) groups is 1. The summed E-state index contributed by atoms with van der Waals surface area (Å²) in [5.41, 5.74) is 0. The van der Waals surface area contributed by atoms with Gasteiger partial charge in [0.05, 0.1) is 11.1 Å². The second kappa shape index (κ2) is 7.43. The summed E-state index contributed by atoms with van der Waals surface area (Å²) in [7, 11) is 0. The van der Waals surface area contributed by atoms with Gasteiger partial charge in [0.15, 0.2) is 11.6 Å². The van der Waals surface area contributed by atoms with Crippen molar-refractivity contribution in [2.45, 2.75) is 32.9 Å². The highest BCUT2D eigenvalue weighted by Gasteiger charge is 2.19. The topological polar surface area (TPSA) is 83.3 Å². The Hall–Kier alpha value is -2.12. The van der Waals surface area contributed by atoms with Crippen molar-refractivity contribution in [3.63, 3.8) is 0 Å². The summed E-state index contributed by atoms with van der Waals surface area (Å²) in [5.74, 6) is 0.868. The molecule has 1 atom stereocenters. The number of amides is 2. The summed E-state index contributed by atoms with van der Waals surface area (Å²) in [5, 5.41) is 16.9. The van der Waals surface area contributed by atoms with Gasteiger partial charge in [-0.25, -0.2) is 14.5 Å². The maximum atomic E-state index is 12.3. The summed E-state index contributed by atoms with van der Waals surface area (Å²) in [6, 6.07) is 4.74. The third-order valence-electron chi connectivity index (χ3n) is 3.13. The molecule has 0 spiro atoms. The van der Waals surface area contributed by atoms with E-state index in [-0.39, 0.29) is 18.6 Å². The number of nitrogens with one attached hydrogen (secondary N) is 1. The molecule has 0 aliphatic carbocycles. The molecule has 2 aromatic heterocycles. The standard InChI is InChI=1S/C15H20ClN5O2/c1-10(2)20(9-11(3)22)15(23)18-13-6-8-21(19-13)14-12(16)5-4-7-17-14/h4-8,10-11,22H,9H2,1-3H3,(H,18,19,23). The molecule has 0 aliphatic rings. The predicted octanol–water partition coefficient (Wildman–Crippen LogP) is 2.54. The molecular formula is C15H20ClN5O2. The van der Waals surface area contributed by atoms with Crippen LogP contribution in [-0.2, 0) is 0 Å². The zero-order chi connectivity index (χ0) is 17.0. The van der Waals surface area contributed by atoms with E-state index in [9.17, 15) is 9.90 Å². The van der Waals surface area contributed by atoms with Crippen molar-refractivity contribution in [1.29, 1.82) is 0 Å². The maximum Gasteiger partial charge on any atom is 0.323 e. The number of aliphatic hydroxyl groups is 1. The highest BCUT2D eigenvalue weighted by Crippen LogP contribution is 2.17. The highest BCUT2D eigenvalue weighted by molar-refractivity contribution is 6.32. The zero-order valence-electron chi connectivity index (χ0n) is 13.3. The van der Waals surface area contributed by atoms with Crippen LogP contribution >= 0.6 is 11.6 Å². The number of urea groups is 1. The Balaban J connectivity index is 2.12. The Bertz CT molecular complexity index is 671. The number of hydrogen-bond donors (Lipinski definition) is 2. The number of rotatable bonds is 5. The van der Waals surface area contributed by atoms with Gasteiger partial charge in [0.1, 0.15) is 0 Å². The number of halogens is 1. The molecule has 0 aromatic carbocycles. The molecule has 0 aliphatic heterocycles. The van der Waals surface area contributed by atoms with Crippen LogP contribution in [0.1, 0.15) is 20.8 Å². The van der Waals surface area contributed by atoms with Crippen molar-refractivity contribution in [2.75, 3.05) is 11.9 Å². The normalized spacial score (nSPS) is 12.3. The molecule has 2 heterocycles. The van der Waals surface area contributed by atoms with Crippen LogP contribution in [0.5, 0.6) is 0 Å². The summed E-state index contributed by atoms with van der Waals surface area (Å²) >= 11 is 6.08. The molecule has 2 amide bonds. The SMILES string of the molecule is CC(O)CN(C(=O)Nc1ccn(-c2ncccc2Cl)n1)C(C)C. The molecule has 0 saturated heterocycles. The van der Waals surface area contributed by atoms with Crippen LogP contribution in [-0.4, -0.2) is 49.5 Å². The lowest BCUT2D eigenvalue weighted by atomic mass is 10.3. The fraction of sp³-hybridized carbons (Fsp3) is 0.400. The first-order chi connectivity index (χ1) is 10.9. The van der Waals surface area contributed by atoms with Crippen molar-refractivity contribution in [3.8, 4) is 5.82 Å². The first-order valence-corrected chi connectivity index (χ1v) is 7.68. The monoisotopic (exact) mass is 337 g/mol. The van der Waals surface area contributed by atoms with Crippen LogP contribution in [0.25, 0.3) is 5.82 Å². The molecule has 0 bridgehead atoms. The molecule has 7 nitrogen and oxygen atoms in total. The van der Waals surface area contributed by atoms with Crippen molar-refractivity contribution in [2.24, 2.45) is 0 Å². The van der Waals surface area contributed by atoms with Gasteiger partial charge in [-0.05, 0) is 32.9 Å². The number of anilines is 1. The third-order valence-corrected chi connectivity index (χ3v) is 3.42. The van der Waals surface area contributed by atoms with Gasteiger partial charge in [-0.2, -0.15) is 0 Å². The number of hydrogen-bond acceptors (Lipinski definition) is 4. The fourth-order valence-corrected chi connectivity index (χ4v) is 2.26. The van der Waals surface area contributed by atoms with E-state index in [1.54, 1.807) is 37.5 Å². The van der Waals surface area contributed by atoms with Gasteiger partial charge in [0, 0.05) is 31.0 Å². The summed E-state index contributed by atoms with van der Waals surface area (Å²) in [6.07, 6.45) is 2.68. The van der Waals surface area contributed by atoms with E-state index in [1.165, 1.54) is 9.58 Å². The Morgan fingerprint density at radius 2 is 2.17 bits per heavy atom. The molecule has 124 valence electrons. The van der Waals surface area contributed by atoms with Crippen LogP contribution in [0, 0.1) is 0 Å². The van der Waals surface area contributed by atoms with Crippen LogP contribution in [0.4, 0.5) is 10.6 Å². The smallest absolute Gasteiger partial charge is 0.323 e. The number of nitrogens with zero attached hydrogens (tertiary/aromatic N) is 4. The minimum atomic E-state index is -0.604. The lowest BCUT2D eigenvalue weighted by Gasteiger charge is -2.27. The lowest BCUT2D eigenvalue weighted by Crippen LogP contribution is -2.43. The van der Waals surface area contributed by atoms with Crippen molar-refractivity contribution in [3.05, 3.63) is 35.6 Å². The number of pyridine rings is 1. The van der Waals surface area contributed by atoms with E-state index < -0.39 is 6.10 Å². The van der Waals surface area contributed by atoms with E-state index in [0.717, 1.165) is 0 Å². The second-order valence-electron chi connectivity index (χ2n) is 5.48. The van der Waals surface area contributed by atoms with Gasteiger partial charge in [0.2, 0.25) is 0 Å². The molecule has 2 N–H and O–H groups in total. The van der Waals surface area contributed by atoms with Crippen molar-refractivity contribution >= 4 is 23.4 Å². The van der Waals surface area contributed by atoms with Crippen molar-refractivity contribution < 1.29 is 9.90 Å². The van der Waals surface area contributed by atoms with Gasteiger partial charge >= 0.3 is 6.03 Å². The Morgan fingerprint density at radius 1 is 1.43 bits per heavy atom. The van der Waals surface area contributed by atoms with Gasteiger partial charge in [-0.15, -0.1) is 5.10 Å². The molecule has 1 unspecified atom stereocenters. The fourth-order valence-electron chi connectivity index (χ4n) is 2.05. The molecule has 2 rings (SSSR count). The Morgan fingerprint density at radius 3 is 2.78 bits per heavy atom. The number of aliphatic hydroxyl groups excluding tert-OH is 1. The largest absolute Gasteiger partial charge is 0.392 e. The maximum absolute atomic E-state index is 12.3. The number of aromatic nitrogens is 3. The van der Waals surface area contributed by atoms with Gasteiger partial charge < -0.3 is 10.0 Å². The minimum Gasteiger partial charge on any atom is -0.392 e. The van der Waals surface area contributed by atoms with Gasteiger partial charge in [-0.1, -0.05) is 11.6 Å². The van der Waals surface area contributed by atoms with E-state index in [0.29, 0.717) is 16.7 Å². The Kier molecular flexibility index (Phi) is 5.57. The summed E-state index contributed by atoms with van der Waals surface area (Å²) in [6.45, 7) is 5.65. The Labute approximate surface area is 139 Å². The summed E-state index contributed by atoms with van der Waals surface area (Å²) < 4.78 is 1.49. The van der Waals surface area contributed by atoms with E-state index in [2.05, 4.69) is 15.4 Å². The first-order valence-electron chi connectivity index (χ1n) is 7.30. The van der Waals surface area contributed by atoms with Gasteiger partial charge in [0.25, 0.3) is 0 Å². The van der Waals surface area contributed by atoms with Gasteiger partial charge in [-0.3, -0.25) is 5.32 Å². The van der Waals surface area contributed by atoms with E-state index in [4.69, 9.17) is 11.6 Å². The second-order valence-corrected chi connectivity index (χ2v) is 5.89. The van der Waals surface area contributed by atoms with Crippen LogP contribution in [0.3, 0.4) is 0 Å². The molecule has 0 fully saturated rings. The lowest BCUT2D eigenvalue weighted by molar-refractivity contribution is 0.125. The highest BCUT2D eigenvalue weighted by atomic mass is 35.5. The molecule has 0 radical (unpaired) electrons. The molecule has 0 saturated carbocycles. The summed E-state index contributed by atoms with van der Waals surface area (Å²) in [4.78, 5) is 18.0. The predicted molar refractivity (Wildman–Crippen MR) is 88.9 cm³/mol. The van der Waals surface area contributed by atoms with Crippen LogP contribution in [0.2, 0.25) is 5.02 Å². The number of carbonyl (C=O) groups excluding carboxylic acids is 1. The molecule has 2 aromatic rings. The average Bonchev–Trinajstić information content (AvgIpc) is 2.93. The van der Waals surface area contributed by atoms with E-state index >= 15 is 0 Å². The third kappa shape index (κ3) is 4.43.